The predicted octanol–water partition coefficient (Wildman–Crippen LogP) is 2.79. The molecule has 2 N–H and O–H groups in total. The molecule has 122 valence electrons. The summed E-state index contributed by atoms with van der Waals surface area (Å²) >= 11 is 2.71. The summed E-state index contributed by atoms with van der Waals surface area (Å²) in [6, 6.07) is 5.01. The molecule has 0 unspecified atom stereocenters. The van der Waals surface area contributed by atoms with E-state index in [4.69, 9.17) is 9.47 Å². The molecule has 0 spiro atoms. The number of thioether (sulfide) groups is 1. The molecule has 7 nitrogen and oxygen atoms in total. The third-order valence-corrected chi connectivity index (χ3v) is 4.77. The number of urea groups is 1. The molecule has 0 radical (unpaired) electrons. The van der Waals surface area contributed by atoms with E-state index >= 15 is 0 Å². The highest BCUT2D eigenvalue weighted by atomic mass is 32.2. The molecule has 2 aromatic rings. The van der Waals surface area contributed by atoms with Crippen LogP contribution < -0.4 is 10.6 Å². The van der Waals surface area contributed by atoms with Crippen LogP contribution in [0.4, 0.5) is 20.0 Å². The number of carbonyl (C=O) groups excluding carboxylic acids is 1. The van der Waals surface area contributed by atoms with E-state index in [0.29, 0.717) is 34.1 Å². The lowest BCUT2D eigenvalue weighted by atomic mass is 10.3. The van der Waals surface area contributed by atoms with Gasteiger partial charge in [0.25, 0.3) is 0 Å². The minimum absolute atomic E-state index is 0.220. The fourth-order valence-electron chi connectivity index (χ4n) is 1.75. The van der Waals surface area contributed by atoms with Crippen LogP contribution >= 0.6 is 23.1 Å². The van der Waals surface area contributed by atoms with Crippen LogP contribution in [0.2, 0.25) is 0 Å². The largest absolute Gasteiger partial charge is 0.349 e. The van der Waals surface area contributed by atoms with Crippen LogP contribution in [0.3, 0.4) is 0 Å². The SMILES string of the molecule is O=C(Nc1ccc(F)cc1)Nc1nnc(SCC2OCCO2)s1. The number of carbonyl (C=O) groups is 1. The summed E-state index contributed by atoms with van der Waals surface area (Å²) < 4.78 is 24.2. The molecule has 1 aliphatic heterocycles. The molecule has 23 heavy (non-hydrogen) atoms. The predicted molar refractivity (Wildman–Crippen MR) is 85.4 cm³/mol. The number of rotatable bonds is 5. The lowest BCUT2D eigenvalue weighted by Crippen LogP contribution is -2.19. The molecule has 1 fully saturated rings. The summed E-state index contributed by atoms with van der Waals surface area (Å²) in [7, 11) is 0. The number of nitrogens with zero attached hydrogens (tertiary/aromatic N) is 2. The van der Waals surface area contributed by atoms with Gasteiger partial charge >= 0.3 is 6.03 Å². The quantitative estimate of drug-likeness (QED) is 0.633. The van der Waals surface area contributed by atoms with Crippen molar-refractivity contribution in [3.8, 4) is 0 Å². The number of halogens is 1. The van der Waals surface area contributed by atoms with E-state index in [-0.39, 0.29) is 12.1 Å². The summed E-state index contributed by atoms with van der Waals surface area (Å²) in [5.74, 6) is 0.258. The van der Waals surface area contributed by atoms with E-state index in [0.717, 1.165) is 0 Å². The van der Waals surface area contributed by atoms with Gasteiger partial charge in [0.1, 0.15) is 5.82 Å². The summed E-state index contributed by atoms with van der Waals surface area (Å²) in [5, 5.41) is 13.4. The van der Waals surface area contributed by atoms with Gasteiger partial charge in [0.15, 0.2) is 10.6 Å². The maximum atomic E-state index is 12.8. The van der Waals surface area contributed by atoms with Crippen LogP contribution in [0.5, 0.6) is 0 Å². The first kappa shape index (κ1) is 16.1. The smallest absolute Gasteiger partial charge is 0.325 e. The van der Waals surface area contributed by atoms with Gasteiger partial charge in [-0.25, -0.2) is 9.18 Å². The Morgan fingerprint density at radius 1 is 1.26 bits per heavy atom. The highest BCUT2D eigenvalue weighted by Gasteiger charge is 2.17. The molecule has 1 saturated heterocycles. The van der Waals surface area contributed by atoms with Gasteiger partial charge in [-0.3, -0.25) is 5.32 Å². The van der Waals surface area contributed by atoms with Crippen LogP contribution in [0.15, 0.2) is 28.6 Å². The van der Waals surface area contributed by atoms with Gasteiger partial charge in [-0.1, -0.05) is 23.1 Å². The number of nitrogens with one attached hydrogen (secondary N) is 2. The number of amides is 2. The van der Waals surface area contributed by atoms with Crippen molar-refractivity contribution >= 4 is 39.9 Å². The van der Waals surface area contributed by atoms with Gasteiger partial charge in [-0.2, -0.15) is 0 Å². The molecule has 0 atom stereocenters. The van der Waals surface area contributed by atoms with Crippen LogP contribution in [0.25, 0.3) is 0 Å². The molecule has 3 rings (SSSR count). The number of aromatic nitrogens is 2. The van der Waals surface area contributed by atoms with E-state index in [2.05, 4.69) is 20.8 Å². The molecule has 0 bridgehead atoms. The van der Waals surface area contributed by atoms with Gasteiger partial charge in [0.2, 0.25) is 5.13 Å². The fourth-order valence-corrected chi connectivity index (χ4v) is 3.47. The van der Waals surface area contributed by atoms with E-state index in [1.807, 2.05) is 0 Å². The zero-order valence-corrected chi connectivity index (χ0v) is 13.5. The van der Waals surface area contributed by atoms with Crippen LogP contribution in [0.1, 0.15) is 0 Å². The number of benzene rings is 1. The van der Waals surface area contributed by atoms with E-state index in [9.17, 15) is 9.18 Å². The molecule has 0 saturated carbocycles. The highest BCUT2D eigenvalue weighted by Crippen LogP contribution is 2.27. The molecular weight excluding hydrogens is 343 g/mol. The standard InChI is InChI=1S/C13H13FN4O3S2/c14-8-1-3-9(4-2-8)15-11(19)16-12-17-18-13(23-12)22-7-10-20-5-6-21-10/h1-4,10H,5-7H2,(H2,15,16,17,19). The van der Waals surface area contributed by atoms with Crippen molar-refractivity contribution in [3.05, 3.63) is 30.1 Å². The Bertz CT molecular complexity index is 661. The molecule has 1 aromatic carbocycles. The average Bonchev–Trinajstić information content (AvgIpc) is 3.19. The zero-order chi connectivity index (χ0) is 16.1. The van der Waals surface area contributed by atoms with Crippen molar-refractivity contribution in [2.75, 3.05) is 29.6 Å². The Kier molecular flexibility index (Phi) is 5.39. The lowest BCUT2D eigenvalue weighted by Gasteiger charge is -2.05. The van der Waals surface area contributed by atoms with Gasteiger partial charge in [0, 0.05) is 5.69 Å². The maximum Gasteiger partial charge on any atom is 0.325 e. The summed E-state index contributed by atoms with van der Waals surface area (Å²) in [6.07, 6.45) is -0.220. The number of hydrogen-bond donors (Lipinski definition) is 2. The highest BCUT2D eigenvalue weighted by molar-refractivity contribution is 8.01. The second-order valence-corrected chi connectivity index (χ2v) is 6.69. The number of ether oxygens (including phenoxy) is 2. The van der Waals surface area contributed by atoms with Gasteiger partial charge < -0.3 is 14.8 Å². The second kappa shape index (κ2) is 7.68. The zero-order valence-electron chi connectivity index (χ0n) is 11.8. The first-order valence-corrected chi connectivity index (χ1v) is 8.52. The van der Waals surface area contributed by atoms with Gasteiger partial charge in [0.05, 0.1) is 19.0 Å². The van der Waals surface area contributed by atoms with Gasteiger partial charge in [-0.05, 0) is 24.3 Å². The van der Waals surface area contributed by atoms with Crippen LogP contribution in [-0.4, -0.2) is 41.5 Å². The van der Waals surface area contributed by atoms with Crippen molar-refractivity contribution in [1.82, 2.24) is 10.2 Å². The van der Waals surface area contributed by atoms with Crippen LogP contribution in [0, 0.1) is 5.82 Å². The van der Waals surface area contributed by atoms with Crippen molar-refractivity contribution in [2.45, 2.75) is 10.6 Å². The first-order chi connectivity index (χ1) is 11.2. The minimum Gasteiger partial charge on any atom is -0.349 e. The van der Waals surface area contributed by atoms with E-state index in [1.165, 1.54) is 47.4 Å². The average molecular weight is 356 g/mol. The Balaban J connectivity index is 1.47. The monoisotopic (exact) mass is 356 g/mol. The summed E-state index contributed by atoms with van der Waals surface area (Å²) in [6.45, 7) is 1.22. The second-order valence-electron chi connectivity index (χ2n) is 4.44. The minimum atomic E-state index is -0.466. The van der Waals surface area contributed by atoms with Crippen LogP contribution in [-0.2, 0) is 9.47 Å². The Morgan fingerprint density at radius 3 is 2.74 bits per heavy atom. The van der Waals surface area contributed by atoms with Crippen molar-refractivity contribution in [2.24, 2.45) is 0 Å². The Hall–Kier alpha value is -1.75. The molecule has 2 heterocycles. The van der Waals surface area contributed by atoms with Gasteiger partial charge in [-0.15, -0.1) is 10.2 Å². The number of hydrogen-bond acceptors (Lipinski definition) is 7. The number of anilines is 2. The first-order valence-electron chi connectivity index (χ1n) is 6.72. The third kappa shape index (κ3) is 4.86. The van der Waals surface area contributed by atoms with E-state index in [1.54, 1.807) is 0 Å². The van der Waals surface area contributed by atoms with Crippen molar-refractivity contribution in [3.63, 3.8) is 0 Å². The van der Waals surface area contributed by atoms with Crippen molar-refractivity contribution in [1.29, 1.82) is 0 Å². The molecule has 0 aliphatic carbocycles. The summed E-state index contributed by atoms with van der Waals surface area (Å²) in [5.41, 5.74) is 0.485. The van der Waals surface area contributed by atoms with Crippen molar-refractivity contribution < 1.29 is 18.7 Å². The Morgan fingerprint density at radius 2 is 2.00 bits per heavy atom. The summed E-state index contributed by atoms with van der Waals surface area (Å²) in [4.78, 5) is 11.8. The topological polar surface area (TPSA) is 85.4 Å². The maximum absolute atomic E-state index is 12.8. The lowest BCUT2D eigenvalue weighted by molar-refractivity contribution is -0.0214. The third-order valence-electron chi connectivity index (χ3n) is 2.76. The fraction of sp³-hybridized carbons (Fsp3) is 0.308. The molecule has 1 aliphatic rings. The Labute approximate surface area is 139 Å². The molecule has 2 amide bonds. The molecule has 1 aromatic heterocycles. The molecular formula is C13H13FN4O3S2. The van der Waals surface area contributed by atoms with E-state index < -0.39 is 6.03 Å². The normalized spacial score (nSPS) is 14.8. The molecule has 10 heteroatoms.